The molecule has 1 fully saturated rings. The van der Waals surface area contributed by atoms with Gasteiger partial charge in [0, 0.05) is 11.6 Å². The SMILES string of the molecule is CCCCCC/C=C\C/C=C\CCCCCCCCOC(=O)[C@H](C)NP(=O)(OC[C@H]1O[C@@H](c2ccc3c(N)ccnn23)[C@H](O)[C@@H]1O)Oc1cccc2ccccc12. The fourth-order valence-corrected chi connectivity index (χ4v) is 8.45. The molecule has 2 aromatic carbocycles. The number of ether oxygens (including phenoxy) is 2. The second-order valence-corrected chi connectivity index (χ2v) is 16.4. The quantitative estimate of drug-likeness (QED) is 0.0218. The summed E-state index contributed by atoms with van der Waals surface area (Å²) < 4.78 is 39.5. The summed E-state index contributed by atoms with van der Waals surface area (Å²) >= 11 is 0. The van der Waals surface area contributed by atoms with Crippen molar-refractivity contribution in [2.45, 2.75) is 128 Å². The van der Waals surface area contributed by atoms with Crippen LogP contribution in [-0.2, 0) is 23.4 Å². The number of nitrogens with zero attached hydrogens (tertiary/aromatic N) is 2. The van der Waals surface area contributed by atoms with Gasteiger partial charge in [0.15, 0.2) is 0 Å². The highest BCUT2D eigenvalue weighted by molar-refractivity contribution is 7.52. The molecule has 0 amide bonds. The molecule has 1 saturated heterocycles. The van der Waals surface area contributed by atoms with E-state index in [-0.39, 0.29) is 12.4 Å². The number of carbonyl (C=O) groups is 1. The van der Waals surface area contributed by atoms with Crippen LogP contribution in [0.25, 0.3) is 16.3 Å². The zero-order chi connectivity index (χ0) is 40.5. The third-order valence-electron chi connectivity index (χ3n) is 10.2. The van der Waals surface area contributed by atoms with Gasteiger partial charge in [0.1, 0.15) is 36.2 Å². The molecule has 5 N–H and O–H groups in total. The Kier molecular flexibility index (Phi) is 17.6. The molecule has 310 valence electrons. The third-order valence-corrected chi connectivity index (χ3v) is 11.8. The Morgan fingerprint density at radius 3 is 2.39 bits per heavy atom. The zero-order valence-corrected chi connectivity index (χ0v) is 34.3. The number of rotatable bonds is 25. The van der Waals surface area contributed by atoms with Gasteiger partial charge in [0.05, 0.1) is 30.1 Å². The number of benzene rings is 2. The van der Waals surface area contributed by atoms with Crippen LogP contribution in [-0.4, -0.2) is 63.4 Å². The number of fused-ring (bicyclic) bond motifs is 2. The number of carbonyl (C=O) groups excluding carboxylic acids is 1. The largest absolute Gasteiger partial charge is 0.465 e. The first-order valence-electron chi connectivity index (χ1n) is 20.6. The number of nitrogen functional groups attached to an aromatic ring is 1. The average Bonchev–Trinajstić information content (AvgIpc) is 3.77. The summed E-state index contributed by atoms with van der Waals surface area (Å²) in [5, 5.41) is 30.6. The predicted octanol–water partition coefficient (Wildman–Crippen LogP) is 9.16. The van der Waals surface area contributed by atoms with E-state index in [0.717, 1.165) is 43.9 Å². The Morgan fingerprint density at radius 1 is 0.912 bits per heavy atom. The number of aromatic nitrogens is 2. The van der Waals surface area contributed by atoms with Gasteiger partial charge >= 0.3 is 13.7 Å². The number of nitrogens with one attached hydrogen (secondary N) is 1. The van der Waals surface area contributed by atoms with Gasteiger partial charge in [-0.15, -0.1) is 0 Å². The molecular formula is C44H61N4O8P. The second-order valence-electron chi connectivity index (χ2n) is 14.7. The van der Waals surface area contributed by atoms with Crippen molar-refractivity contribution in [1.29, 1.82) is 0 Å². The van der Waals surface area contributed by atoms with E-state index in [4.69, 9.17) is 24.3 Å². The highest BCUT2D eigenvalue weighted by Crippen LogP contribution is 2.48. The standard InChI is InChI=1S/C44H61N4O8P/c1-3-4-5-6-7-8-9-10-11-12-13-14-15-16-17-18-21-31-53-44(51)33(2)47-57(52,56-39-26-22-24-34-23-19-20-25-35(34)39)54-32-40-41(49)42(50)43(55-40)38-28-27-37-36(45)29-30-46-48(37)38/h8-9,11-12,19-20,22-30,33,40-43,49-50H,3-7,10,13-18,21,31-32,45H2,1-2H3,(H,47,52)/b9-8-,12-11-/t33-,40+,41+,42+,43-,57?/m0/s1. The highest BCUT2D eigenvalue weighted by Gasteiger charge is 2.46. The first-order valence-corrected chi connectivity index (χ1v) is 22.1. The molecule has 13 heteroatoms. The molecule has 1 aliphatic heterocycles. The van der Waals surface area contributed by atoms with Gasteiger partial charge in [-0.2, -0.15) is 10.2 Å². The molecule has 0 bridgehead atoms. The number of hydrogen-bond donors (Lipinski definition) is 4. The molecule has 0 spiro atoms. The lowest BCUT2D eigenvalue weighted by molar-refractivity contribution is -0.145. The summed E-state index contributed by atoms with van der Waals surface area (Å²) in [6.07, 6.45) is 20.5. The fraction of sp³-hybridized carbons (Fsp3) is 0.500. The van der Waals surface area contributed by atoms with Crippen molar-refractivity contribution >= 4 is 35.7 Å². The lowest BCUT2D eigenvalue weighted by Gasteiger charge is -2.25. The molecular weight excluding hydrogens is 743 g/mol. The van der Waals surface area contributed by atoms with Crippen LogP contribution < -0.4 is 15.3 Å². The molecule has 1 aliphatic rings. The number of aliphatic hydroxyl groups excluding tert-OH is 2. The van der Waals surface area contributed by atoms with Gasteiger partial charge in [-0.25, -0.2) is 9.08 Å². The van der Waals surface area contributed by atoms with Crippen molar-refractivity contribution in [3.05, 3.63) is 96.9 Å². The molecule has 2 aromatic heterocycles. The summed E-state index contributed by atoms with van der Waals surface area (Å²) in [6, 6.07) is 16.8. The van der Waals surface area contributed by atoms with Crippen molar-refractivity contribution in [2.24, 2.45) is 0 Å². The van der Waals surface area contributed by atoms with Crippen molar-refractivity contribution in [2.75, 3.05) is 18.9 Å². The molecule has 12 nitrogen and oxygen atoms in total. The van der Waals surface area contributed by atoms with Crippen LogP contribution in [0.15, 0.2) is 91.2 Å². The number of anilines is 1. The zero-order valence-electron chi connectivity index (χ0n) is 33.4. The normalized spacial score (nSPS) is 20.1. The number of esters is 1. The van der Waals surface area contributed by atoms with E-state index in [0.29, 0.717) is 22.3 Å². The van der Waals surface area contributed by atoms with Crippen LogP contribution in [0.1, 0.15) is 109 Å². The lowest BCUT2D eigenvalue weighted by atomic mass is 10.1. The predicted molar refractivity (Wildman–Crippen MR) is 225 cm³/mol. The van der Waals surface area contributed by atoms with Crippen molar-refractivity contribution in [1.82, 2.24) is 14.7 Å². The highest BCUT2D eigenvalue weighted by atomic mass is 31.2. The molecule has 3 heterocycles. The monoisotopic (exact) mass is 804 g/mol. The fourth-order valence-electron chi connectivity index (χ4n) is 6.92. The Morgan fingerprint density at radius 2 is 1.61 bits per heavy atom. The van der Waals surface area contributed by atoms with Gasteiger partial charge in [0.2, 0.25) is 0 Å². The van der Waals surface area contributed by atoms with Crippen molar-refractivity contribution < 1.29 is 38.1 Å². The molecule has 1 unspecified atom stereocenters. The van der Waals surface area contributed by atoms with Crippen LogP contribution >= 0.6 is 7.75 Å². The van der Waals surface area contributed by atoms with Crippen LogP contribution in [0.4, 0.5) is 5.69 Å². The van der Waals surface area contributed by atoms with Crippen LogP contribution in [0.3, 0.4) is 0 Å². The maximum Gasteiger partial charge on any atom is 0.459 e. The lowest BCUT2D eigenvalue weighted by Crippen LogP contribution is -2.37. The van der Waals surface area contributed by atoms with Crippen LogP contribution in [0.2, 0.25) is 0 Å². The van der Waals surface area contributed by atoms with Crippen LogP contribution in [0, 0.1) is 0 Å². The first kappa shape index (κ1) is 44.1. The minimum absolute atomic E-state index is 0.241. The second kappa shape index (κ2) is 22.8. The van der Waals surface area contributed by atoms with Gasteiger partial charge in [-0.3, -0.25) is 9.32 Å². The maximum atomic E-state index is 14.5. The number of unbranched alkanes of at least 4 members (excludes halogenated alkanes) is 10. The van der Waals surface area contributed by atoms with E-state index in [2.05, 4.69) is 41.4 Å². The molecule has 5 rings (SSSR count). The number of nitrogens with two attached hydrogens (primary N) is 1. The molecule has 0 saturated carbocycles. The van der Waals surface area contributed by atoms with Gasteiger partial charge < -0.3 is 29.9 Å². The maximum absolute atomic E-state index is 14.5. The molecule has 57 heavy (non-hydrogen) atoms. The van der Waals surface area contributed by atoms with Gasteiger partial charge in [-0.05, 0) is 75.1 Å². The van der Waals surface area contributed by atoms with Crippen molar-refractivity contribution in [3.8, 4) is 5.75 Å². The molecule has 4 aromatic rings. The van der Waals surface area contributed by atoms with E-state index in [1.807, 2.05) is 30.3 Å². The number of allylic oxidation sites excluding steroid dienone is 4. The summed E-state index contributed by atoms with van der Waals surface area (Å²) in [6.45, 7) is 3.58. The topological polar surface area (TPSA) is 167 Å². The van der Waals surface area contributed by atoms with E-state index in [1.165, 1.54) is 58.1 Å². The Bertz CT molecular complexity index is 1940. The first-order chi connectivity index (χ1) is 27.7. The van der Waals surface area contributed by atoms with E-state index >= 15 is 0 Å². The van der Waals surface area contributed by atoms with E-state index < -0.39 is 50.8 Å². The minimum atomic E-state index is -4.32. The van der Waals surface area contributed by atoms with Crippen LogP contribution in [0.5, 0.6) is 5.75 Å². The summed E-state index contributed by atoms with van der Waals surface area (Å²) in [5.74, 6) is -0.326. The smallest absolute Gasteiger partial charge is 0.459 e. The van der Waals surface area contributed by atoms with E-state index in [1.54, 1.807) is 34.8 Å². The number of aliphatic hydroxyl groups is 2. The van der Waals surface area contributed by atoms with E-state index in [9.17, 15) is 19.6 Å². The van der Waals surface area contributed by atoms with Crippen molar-refractivity contribution in [3.63, 3.8) is 0 Å². The minimum Gasteiger partial charge on any atom is -0.465 e. The summed E-state index contributed by atoms with van der Waals surface area (Å²) in [5.41, 5.74) is 7.67. The molecule has 0 aliphatic carbocycles. The van der Waals surface area contributed by atoms with Gasteiger partial charge in [0.25, 0.3) is 0 Å². The summed E-state index contributed by atoms with van der Waals surface area (Å²) in [7, 11) is -4.32. The Labute approximate surface area is 337 Å². The Balaban J connectivity index is 1.08. The Hall–Kier alpha value is -4.03. The average molecular weight is 805 g/mol. The third kappa shape index (κ3) is 13.0. The number of hydrogen-bond acceptors (Lipinski definition) is 10. The van der Waals surface area contributed by atoms with Gasteiger partial charge in [-0.1, -0.05) is 113 Å². The molecule has 0 radical (unpaired) electrons. The molecule has 6 atom stereocenters. The summed E-state index contributed by atoms with van der Waals surface area (Å²) in [4.78, 5) is 13.1.